The first kappa shape index (κ1) is 15.7. The molecule has 1 fully saturated rings. The Morgan fingerprint density at radius 1 is 1.26 bits per heavy atom. The quantitative estimate of drug-likeness (QED) is 0.599. The van der Waals surface area contributed by atoms with Gasteiger partial charge in [0.2, 0.25) is 0 Å². The number of thioether (sulfide) groups is 3. The SMILES string of the molecule is CCCCSC1CCSC1(SCC)c1ccccc1. The Morgan fingerprint density at radius 3 is 2.74 bits per heavy atom. The molecule has 0 aromatic heterocycles. The lowest BCUT2D eigenvalue weighted by Gasteiger charge is -2.34. The van der Waals surface area contributed by atoms with Crippen molar-refractivity contribution in [3.05, 3.63) is 35.9 Å². The van der Waals surface area contributed by atoms with Gasteiger partial charge in [-0.2, -0.15) is 11.8 Å². The van der Waals surface area contributed by atoms with Gasteiger partial charge in [-0.1, -0.05) is 50.6 Å². The van der Waals surface area contributed by atoms with Crippen LogP contribution in [-0.2, 0) is 4.08 Å². The van der Waals surface area contributed by atoms with Gasteiger partial charge < -0.3 is 0 Å². The molecule has 0 radical (unpaired) electrons. The van der Waals surface area contributed by atoms with Crippen molar-refractivity contribution >= 4 is 35.3 Å². The molecule has 1 aliphatic heterocycles. The molecule has 2 atom stereocenters. The third-order valence-electron chi connectivity index (χ3n) is 3.47. The van der Waals surface area contributed by atoms with Crippen LogP contribution < -0.4 is 0 Å². The van der Waals surface area contributed by atoms with Crippen molar-refractivity contribution in [3.63, 3.8) is 0 Å². The molecule has 106 valence electrons. The number of hydrogen-bond acceptors (Lipinski definition) is 3. The highest BCUT2D eigenvalue weighted by atomic mass is 32.2. The van der Waals surface area contributed by atoms with Gasteiger partial charge in [0.25, 0.3) is 0 Å². The minimum absolute atomic E-state index is 0.300. The van der Waals surface area contributed by atoms with Gasteiger partial charge in [-0.25, -0.2) is 0 Å². The third kappa shape index (κ3) is 3.68. The van der Waals surface area contributed by atoms with Crippen molar-refractivity contribution in [3.8, 4) is 0 Å². The van der Waals surface area contributed by atoms with E-state index in [1.807, 2.05) is 0 Å². The summed E-state index contributed by atoms with van der Waals surface area (Å²) in [6.45, 7) is 4.58. The fourth-order valence-corrected chi connectivity index (χ4v) is 8.12. The molecule has 0 nitrogen and oxygen atoms in total. The number of benzene rings is 1. The van der Waals surface area contributed by atoms with E-state index in [9.17, 15) is 0 Å². The zero-order chi connectivity index (χ0) is 13.6. The van der Waals surface area contributed by atoms with Crippen LogP contribution >= 0.6 is 35.3 Å². The van der Waals surface area contributed by atoms with Gasteiger partial charge in [-0.05, 0) is 35.7 Å². The number of rotatable bonds is 7. The van der Waals surface area contributed by atoms with Gasteiger partial charge in [0, 0.05) is 5.25 Å². The molecule has 0 aliphatic carbocycles. The molecule has 2 rings (SSSR count). The van der Waals surface area contributed by atoms with Crippen molar-refractivity contribution in [1.82, 2.24) is 0 Å². The van der Waals surface area contributed by atoms with Crippen molar-refractivity contribution in [1.29, 1.82) is 0 Å². The number of hydrogen-bond donors (Lipinski definition) is 0. The summed E-state index contributed by atoms with van der Waals surface area (Å²) in [5.41, 5.74) is 1.53. The molecule has 1 saturated heterocycles. The fourth-order valence-electron chi connectivity index (χ4n) is 2.54. The van der Waals surface area contributed by atoms with E-state index in [2.05, 4.69) is 79.5 Å². The van der Waals surface area contributed by atoms with Crippen molar-refractivity contribution < 1.29 is 0 Å². The number of unbranched alkanes of at least 4 members (excludes halogenated alkanes) is 1. The van der Waals surface area contributed by atoms with Crippen LogP contribution in [-0.4, -0.2) is 22.5 Å². The van der Waals surface area contributed by atoms with Crippen molar-refractivity contribution in [2.24, 2.45) is 0 Å². The highest BCUT2D eigenvalue weighted by Crippen LogP contribution is 2.58. The zero-order valence-corrected chi connectivity index (χ0v) is 14.4. The molecule has 0 amide bonds. The summed E-state index contributed by atoms with van der Waals surface area (Å²) in [5.74, 6) is 3.83. The van der Waals surface area contributed by atoms with Crippen LogP contribution in [0.1, 0.15) is 38.7 Å². The van der Waals surface area contributed by atoms with E-state index >= 15 is 0 Å². The standard InChI is InChI=1S/C16H24S3/c1-3-5-12-17-15-11-13-19-16(15,18-4-2)14-9-7-6-8-10-14/h6-10,15H,3-5,11-13H2,1-2H3. The second-order valence-electron chi connectivity index (χ2n) is 4.82. The summed E-state index contributed by atoms with van der Waals surface area (Å²) in [6, 6.07) is 11.2. The highest BCUT2D eigenvalue weighted by Gasteiger charge is 2.45. The van der Waals surface area contributed by atoms with Crippen LogP contribution in [0.15, 0.2) is 30.3 Å². The Morgan fingerprint density at radius 2 is 2.05 bits per heavy atom. The summed E-state index contributed by atoms with van der Waals surface area (Å²) in [7, 11) is 0. The zero-order valence-electron chi connectivity index (χ0n) is 11.9. The molecule has 0 saturated carbocycles. The van der Waals surface area contributed by atoms with Gasteiger partial charge in [0.15, 0.2) is 0 Å². The maximum absolute atomic E-state index is 2.33. The van der Waals surface area contributed by atoms with Crippen LogP contribution in [0.25, 0.3) is 0 Å². The maximum Gasteiger partial charge on any atom is 0.0978 e. The molecular formula is C16H24S3. The Labute approximate surface area is 130 Å². The van der Waals surface area contributed by atoms with Gasteiger partial charge in [-0.15, -0.1) is 23.5 Å². The molecule has 0 bridgehead atoms. The minimum Gasteiger partial charge on any atom is -0.156 e. The summed E-state index contributed by atoms with van der Waals surface area (Å²) in [4.78, 5) is 0. The topological polar surface area (TPSA) is 0 Å². The second-order valence-corrected chi connectivity index (χ2v) is 9.24. The second kappa shape index (κ2) is 7.90. The summed E-state index contributed by atoms with van der Waals surface area (Å²) < 4.78 is 0.300. The lowest BCUT2D eigenvalue weighted by molar-refractivity contribution is 0.797. The molecule has 3 heteroatoms. The van der Waals surface area contributed by atoms with Gasteiger partial charge in [0.05, 0.1) is 4.08 Å². The van der Waals surface area contributed by atoms with Crippen LogP contribution in [0.5, 0.6) is 0 Å². The average molecular weight is 313 g/mol. The van der Waals surface area contributed by atoms with E-state index in [0.29, 0.717) is 4.08 Å². The molecule has 2 unspecified atom stereocenters. The van der Waals surface area contributed by atoms with Gasteiger partial charge >= 0.3 is 0 Å². The maximum atomic E-state index is 2.33. The summed E-state index contributed by atoms with van der Waals surface area (Å²) in [6.07, 6.45) is 4.03. The van der Waals surface area contributed by atoms with E-state index in [1.165, 1.54) is 42.1 Å². The molecule has 1 heterocycles. The van der Waals surface area contributed by atoms with Gasteiger partial charge in [-0.3, -0.25) is 0 Å². The Kier molecular flexibility index (Phi) is 6.51. The Balaban J connectivity index is 2.17. The lowest BCUT2D eigenvalue weighted by Crippen LogP contribution is -2.27. The predicted octanol–water partition coefficient (Wildman–Crippen LogP) is 5.63. The monoisotopic (exact) mass is 312 g/mol. The van der Waals surface area contributed by atoms with Crippen LogP contribution in [0, 0.1) is 0 Å². The van der Waals surface area contributed by atoms with E-state index in [4.69, 9.17) is 0 Å². The first-order valence-electron chi connectivity index (χ1n) is 7.28. The lowest BCUT2D eigenvalue weighted by atomic mass is 10.1. The van der Waals surface area contributed by atoms with E-state index in [1.54, 1.807) is 0 Å². The van der Waals surface area contributed by atoms with Gasteiger partial charge in [0.1, 0.15) is 0 Å². The minimum atomic E-state index is 0.300. The Bertz CT molecular complexity index is 366. The summed E-state index contributed by atoms with van der Waals surface area (Å²) >= 11 is 6.53. The van der Waals surface area contributed by atoms with E-state index in [-0.39, 0.29) is 0 Å². The predicted molar refractivity (Wildman–Crippen MR) is 94.5 cm³/mol. The van der Waals surface area contributed by atoms with Crippen LogP contribution in [0.2, 0.25) is 0 Å². The molecule has 0 spiro atoms. The fraction of sp³-hybridized carbons (Fsp3) is 0.625. The van der Waals surface area contributed by atoms with Crippen LogP contribution in [0.4, 0.5) is 0 Å². The molecule has 1 aromatic rings. The van der Waals surface area contributed by atoms with E-state index < -0.39 is 0 Å². The molecule has 1 aliphatic rings. The largest absolute Gasteiger partial charge is 0.156 e. The first-order chi connectivity index (χ1) is 9.33. The summed E-state index contributed by atoms with van der Waals surface area (Å²) in [5, 5.41) is 0.774. The normalized spacial score (nSPS) is 26.7. The third-order valence-corrected chi connectivity index (χ3v) is 8.62. The molecular weight excluding hydrogens is 288 g/mol. The van der Waals surface area contributed by atoms with E-state index in [0.717, 1.165) is 5.25 Å². The molecule has 1 aromatic carbocycles. The van der Waals surface area contributed by atoms with Crippen molar-refractivity contribution in [2.45, 2.75) is 42.4 Å². The highest BCUT2D eigenvalue weighted by molar-refractivity contribution is 8.19. The Hall–Kier alpha value is 0.270. The smallest absolute Gasteiger partial charge is 0.0978 e. The molecule has 0 N–H and O–H groups in total. The first-order valence-corrected chi connectivity index (χ1v) is 10.3. The van der Waals surface area contributed by atoms with Crippen LogP contribution in [0.3, 0.4) is 0 Å². The van der Waals surface area contributed by atoms with Crippen molar-refractivity contribution in [2.75, 3.05) is 17.3 Å². The molecule has 19 heavy (non-hydrogen) atoms. The average Bonchev–Trinajstić information content (AvgIpc) is 2.85.